The smallest absolute Gasteiger partial charge is 0.251 e. The molecule has 2 aromatic carbocycles. The molecule has 4 rings (SSSR count). The van der Waals surface area contributed by atoms with Crippen molar-refractivity contribution in [3.8, 4) is 0 Å². The lowest BCUT2D eigenvalue weighted by atomic mass is 10.0. The fraction of sp³-hybridized carbons (Fsp3) is 0.407. The standard InChI is InChI=1S/C27H33N3O2/c1-20(2)23-8-5-22(6-9-23)19-29-15-17-30(18-16-29)26(31)14-7-21-3-10-24(11-4-21)27(32)28-25-12-13-25/h3-11,14,20,25H,12-13,15-19H2,1-2H3,(H,28,32)/b14-7+. The van der Waals surface area contributed by atoms with Gasteiger partial charge >= 0.3 is 0 Å². The molecule has 0 unspecified atom stereocenters. The highest BCUT2D eigenvalue weighted by Crippen LogP contribution is 2.19. The van der Waals surface area contributed by atoms with Gasteiger partial charge in [-0.2, -0.15) is 0 Å². The Labute approximate surface area is 191 Å². The second-order valence-corrected chi connectivity index (χ2v) is 9.20. The first kappa shape index (κ1) is 22.3. The van der Waals surface area contributed by atoms with E-state index in [9.17, 15) is 9.59 Å². The molecule has 5 heteroatoms. The number of nitrogens with one attached hydrogen (secondary N) is 1. The van der Waals surface area contributed by atoms with Gasteiger partial charge < -0.3 is 10.2 Å². The van der Waals surface area contributed by atoms with Gasteiger partial charge in [0.15, 0.2) is 0 Å². The maximum absolute atomic E-state index is 12.6. The zero-order valence-electron chi connectivity index (χ0n) is 19.1. The van der Waals surface area contributed by atoms with Crippen LogP contribution in [0.25, 0.3) is 6.08 Å². The number of nitrogens with zero attached hydrogens (tertiary/aromatic N) is 2. The SMILES string of the molecule is CC(C)c1ccc(CN2CCN(C(=O)/C=C/c3ccc(C(=O)NC4CC4)cc3)CC2)cc1. The van der Waals surface area contributed by atoms with Crippen molar-refractivity contribution in [2.75, 3.05) is 26.2 Å². The Kier molecular flexibility index (Phi) is 7.05. The van der Waals surface area contributed by atoms with Gasteiger partial charge in [-0.05, 0) is 53.7 Å². The fourth-order valence-corrected chi connectivity index (χ4v) is 3.91. The number of piperazine rings is 1. The normalized spacial score (nSPS) is 17.2. The Bertz CT molecular complexity index is 951. The van der Waals surface area contributed by atoms with Crippen molar-refractivity contribution in [3.05, 3.63) is 76.9 Å². The highest BCUT2D eigenvalue weighted by Gasteiger charge is 2.23. The number of rotatable bonds is 7. The monoisotopic (exact) mass is 431 g/mol. The van der Waals surface area contributed by atoms with Crippen molar-refractivity contribution in [1.29, 1.82) is 0 Å². The number of benzene rings is 2. The Morgan fingerprint density at radius 3 is 2.22 bits per heavy atom. The van der Waals surface area contributed by atoms with Crippen molar-refractivity contribution < 1.29 is 9.59 Å². The summed E-state index contributed by atoms with van der Waals surface area (Å²) in [6, 6.07) is 16.6. The predicted octanol–water partition coefficient (Wildman–Crippen LogP) is 4.06. The van der Waals surface area contributed by atoms with Crippen molar-refractivity contribution in [3.63, 3.8) is 0 Å². The maximum atomic E-state index is 12.6. The third-order valence-corrected chi connectivity index (χ3v) is 6.24. The third kappa shape index (κ3) is 6.07. The van der Waals surface area contributed by atoms with E-state index in [0.29, 0.717) is 17.5 Å². The van der Waals surface area contributed by atoms with Crippen LogP contribution in [0.1, 0.15) is 59.7 Å². The molecule has 1 N–H and O–H groups in total. The van der Waals surface area contributed by atoms with E-state index in [0.717, 1.165) is 51.1 Å². The Hall–Kier alpha value is -2.92. The molecule has 0 aromatic heterocycles. The summed E-state index contributed by atoms with van der Waals surface area (Å²) >= 11 is 0. The van der Waals surface area contributed by atoms with Crippen LogP contribution in [0.15, 0.2) is 54.6 Å². The lowest BCUT2D eigenvalue weighted by Gasteiger charge is -2.34. The number of amides is 2. The Balaban J connectivity index is 1.23. The van der Waals surface area contributed by atoms with Crippen LogP contribution in [0.3, 0.4) is 0 Å². The van der Waals surface area contributed by atoms with Crippen LogP contribution in [-0.4, -0.2) is 53.8 Å². The Morgan fingerprint density at radius 2 is 1.62 bits per heavy atom. The summed E-state index contributed by atoms with van der Waals surface area (Å²) in [5.41, 5.74) is 4.27. The summed E-state index contributed by atoms with van der Waals surface area (Å²) in [7, 11) is 0. The first-order chi connectivity index (χ1) is 15.5. The first-order valence-electron chi connectivity index (χ1n) is 11.7. The molecule has 1 saturated heterocycles. The van der Waals surface area contributed by atoms with Gasteiger partial charge in [-0.25, -0.2) is 0 Å². The Morgan fingerprint density at radius 1 is 0.969 bits per heavy atom. The molecular weight excluding hydrogens is 398 g/mol. The highest BCUT2D eigenvalue weighted by atomic mass is 16.2. The molecule has 1 aliphatic heterocycles. The van der Waals surface area contributed by atoms with Gasteiger partial charge in [0.25, 0.3) is 5.91 Å². The van der Waals surface area contributed by atoms with Crippen LogP contribution in [0.4, 0.5) is 0 Å². The van der Waals surface area contributed by atoms with Gasteiger partial charge in [0, 0.05) is 50.4 Å². The van der Waals surface area contributed by atoms with Crippen molar-refractivity contribution in [2.45, 2.75) is 45.2 Å². The van der Waals surface area contributed by atoms with Gasteiger partial charge in [0.2, 0.25) is 5.91 Å². The number of hydrogen-bond donors (Lipinski definition) is 1. The van der Waals surface area contributed by atoms with Gasteiger partial charge in [0.05, 0.1) is 0 Å². The van der Waals surface area contributed by atoms with Gasteiger partial charge in [-0.15, -0.1) is 0 Å². The molecule has 2 aromatic rings. The van der Waals surface area contributed by atoms with E-state index in [1.54, 1.807) is 6.08 Å². The van der Waals surface area contributed by atoms with Crippen LogP contribution in [0.5, 0.6) is 0 Å². The average molecular weight is 432 g/mol. The van der Waals surface area contributed by atoms with Crippen LogP contribution in [0, 0.1) is 0 Å². The minimum absolute atomic E-state index is 0.0205. The summed E-state index contributed by atoms with van der Waals surface area (Å²) in [5, 5.41) is 2.99. The van der Waals surface area contributed by atoms with Gasteiger partial charge in [0.1, 0.15) is 0 Å². The molecule has 2 aliphatic rings. The van der Waals surface area contributed by atoms with E-state index in [1.165, 1.54) is 11.1 Å². The zero-order valence-corrected chi connectivity index (χ0v) is 19.1. The quantitative estimate of drug-likeness (QED) is 0.673. The molecule has 2 fully saturated rings. The van der Waals surface area contributed by atoms with Crippen LogP contribution in [-0.2, 0) is 11.3 Å². The topological polar surface area (TPSA) is 52.7 Å². The third-order valence-electron chi connectivity index (χ3n) is 6.24. The second kappa shape index (κ2) is 10.1. The van der Waals surface area contributed by atoms with Gasteiger partial charge in [-0.3, -0.25) is 14.5 Å². The number of carbonyl (C=O) groups excluding carboxylic acids is 2. The van der Waals surface area contributed by atoms with E-state index in [-0.39, 0.29) is 11.8 Å². The lowest BCUT2D eigenvalue weighted by Crippen LogP contribution is -2.47. The van der Waals surface area contributed by atoms with E-state index < -0.39 is 0 Å². The molecule has 0 atom stereocenters. The first-order valence-corrected chi connectivity index (χ1v) is 11.7. The van der Waals surface area contributed by atoms with E-state index >= 15 is 0 Å². The molecule has 0 radical (unpaired) electrons. The lowest BCUT2D eigenvalue weighted by molar-refractivity contribution is -0.127. The predicted molar refractivity (Wildman–Crippen MR) is 128 cm³/mol. The molecule has 1 heterocycles. The van der Waals surface area contributed by atoms with Crippen LogP contribution in [0.2, 0.25) is 0 Å². The second-order valence-electron chi connectivity index (χ2n) is 9.20. The van der Waals surface area contributed by atoms with Crippen molar-refractivity contribution >= 4 is 17.9 Å². The molecule has 0 spiro atoms. The largest absolute Gasteiger partial charge is 0.349 e. The summed E-state index contributed by atoms with van der Waals surface area (Å²) in [6.45, 7) is 8.61. The molecule has 0 bridgehead atoms. The molecule has 1 aliphatic carbocycles. The average Bonchev–Trinajstić information content (AvgIpc) is 3.62. The minimum Gasteiger partial charge on any atom is -0.349 e. The van der Waals surface area contributed by atoms with E-state index in [2.05, 4.69) is 48.3 Å². The number of carbonyl (C=O) groups is 2. The summed E-state index contributed by atoms with van der Waals surface area (Å²) in [4.78, 5) is 29.0. The molecule has 1 saturated carbocycles. The number of hydrogen-bond acceptors (Lipinski definition) is 3. The molecule has 5 nitrogen and oxygen atoms in total. The van der Waals surface area contributed by atoms with Crippen molar-refractivity contribution in [2.24, 2.45) is 0 Å². The molecule has 168 valence electrons. The molecular formula is C27H33N3O2. The highest BCUT2D eigenvalue weighted by molar-refractivity contribution is 5.95. The minimum atomic E-state index is -0.0205. The summed E-state index contributed by atoms with van der Waals surface area (Å²) in [6.07, 6.45) is 5.62. The van der Waals surface area contributed by atoms with E-state index in [1.807, 2.05) is 35.2 Å². The van der Waals surface area contributed by atoms with E-state index in [4.69, 9.17) is 0 Å². The summed E-state index contributed by atoms with van der Waals surface area (Å²) < 4.78 is 0. The maximum Gasteiger partial charge on any atom is 0.251 e. The van der Waals surface area contributed by atoms with Crippen molar-refractivity contribution in [1.82, 2.24) is 15.1 Å². The van der Waals surface area contributed by atoms with Gasteiger partial charge in [-0.1, -0.05) is 50.2 Å². The molecule has 32 heavy (non-hydrogen) atoms. The van der Waals surface area contributed by atoms with Crippen LogP contribution < -0.4 is 5.32 Å². The zero-order chi connectivity index (χ0) is 22.5. The molecule has 2 amide bonds. The summed E-state index contributed by atoms with van der Waals surface area (Å²) in [5.74, 6) is 0.575. The fourth-order valence-electron chi connectivity index (χ4n) is 3.91. The van der Waals surface area contributed by atoms with Crippen LogP contribution >= 0.6 is 0 Å².